The van der Waals surface area contributed by atoms with Gasteiger partial charge in [-0.3, -0.25) is 0 Å². The van der Waals surface area contributed by atoms with Crippen molar-refractivity contribution in [2.45, 2.75) is 6.29 Å². The average Bonchev–Trinajstić information content (AvgIpc) is 2.34. The van der Waals surface area contributed by atoms with Crippen molar-refractivity contribution in [3.63, 3.8) is 0 Å². The van der Waals surface area contributed by atoms with Crippen LogP contribution in [0.3, 0.4) is 0 Å². The largest absolute Gasteiger partial charge is 0.359 e. The summed E-state index contributed by atoms with van der Waals surface area (Å²) in [6.45, 7) is 1.09. The first-order valence-electron chi connectivity index (χ1n) is 2.73. The van der Waals surface area contributed by atoms with E-state index in [4.69, 9.17) is 14.2 Å². The van der Waals surface area contributed by atoms with E-state index in [1.54, 1.807) is 7.11 Å². The lowest BCUT2D eigenvalue weighted by Gasteiger charge is -2.06. The summed E-state index contributed by atoms with van der Waals surface area (Å²) in [6.07, 6.45) is -0.232. The van der Waals surface area contributed by atoms with Gasteiger partial charge >= 0.3 is 0 Å². The third-order valence-electron chi connectivity index (χ3n) is 0.963. The smallest absolute Gasteiger partial charge is 0.186 e. The molecule has 1 fully saturated rings. The van der Waals surface area contributed by atoms with Crippen LogP contribution in [0, 0.1) is 0 Å². The minimum Gasteiger partial charge on any atom is -0.359 e. The number of hydrogen-bond donors (Lipinski definition) is 0. The summed E-state index contributed by atoms with van der Waals surface area (Å²) >= 11 is 0. The van der Waals surface area contributed by atoms with Gasteiger partial charge in [-0.25, -0.2) is 0 Å². The molecule has 0 aromatic carbocycles. The quantitative estimate of drug-likeness (QED) is 0.506. The fraction of sp³-hybridized carbons (Fsp3) is 1.00. The standard InChI is InChI=1S/C5H10O4/c1-6-3-8-5-2-7-4-9-5/h5H,2-4H2,1H3. The highest BCUT2D eigenvalue weighted by atomic mass is 16.8. The van der Waals surface area contributed by atoms with Gasteiger partial charge in [0.15, 0.2) is 6.29 Å². The summed E-state index contributed by atoms with van der Waals surface area (Å²) in [7, 11) is 1.57. The van der Waals surface area contributed by atoms with Gasteiger partial charge < -0.3 is 18.9 Å². The minimum atomic E-state index is -0.232. The molecule has 0 aromatic heterocycles. The Morgan fingerprint density at radius 1 is 1.67 bits per heavy atom. The number of ether oxygens (including phenoxy) is 4. The van der Waals surface area contributed by atoms with Crippen molar-refractivity contribution in [3.05, 3.63) is 0 Å². The van der Waals surface area contributed by atoms with E-state index in [-0.39, 0.29) is 13.1 Å². The third-order valence-corrected chi connectivity index (χ3v) is 0.963. The Labute approximate surface area is 53.6 Å². The Hall–Kier alpha value is -0.160. The predicted molar refractivity (Wildman–Crippen MR) is 28.7 cm³/mol. The minimum absolute atomic E-state index is 0.232. The highest BCUT2D eigenvalue weighted by Gasteiger charge is 2.15. The molecule has 0 aliphatic carbocycles. The van der Waals surface area contributed by atoms with Gasteiger partial charge in [-0.15, -0.1) is 0 Å². The van der Waals surface area contributed by atoms with Crippen LogP contribution in [0.1, 0.15) is 0 Å². The molecule has 1 saturated heterocycles. The number of hydrogen-bond acceptors (Lipinski definition) is 4. The highest BCUT2D eigenvalue weighted by molar-refractivity contribution is 4.42. The van der Waals surface area contributed by atoms with E-state index >= 15 is 0 Å². The van der Waals surface area contributed by atoms with Crippen LogP contribution < -0.4 is 0 Å². The van der Waals surface area contributed by atoms with Gasteiger partial charge in [0.05, 0.1) is 0 Å². The molecule has 0 radical (unpaired) electrons. The molecule has 1 heterocycles. The van der Waals surface area contributed by atoms with Crippen molar-refractivity contribution < 1.29 is 18.9 Å². The monoisotopic (exact) mass is 134 g/mol. The molecule has 1 rings (SSSR count). The van der Waals surface area contributed by atoms with Gasteiger partial charge in [-0.05, 0) is 0 Å². The molecule has 0 N–H and O–H groups in total. The zero-order valence-corrected chi connectivity index (χ0v) is 5.33. The topological polar surface area (TPSA) is 36.9 Å². The second-order valence-electron chi connectivity index (χ2n) is 1.66. The van der Waals surface area contributed by atoms with Crippen LogP contribution >= 0.6 is 0 Å². The molecule has 9 heavy (non-hydrogen) atoms. The van der Waals surface area contributed by atoms with E-state index < -0.39 is 0 Å². The fourth-order valence-corrected chi connectivity index (χ4v) is 0.557. The lowest BCUT2D eigenvalue weighted by molar-refractivity contribution is -0.161. The Bertz CT molecular complexity index is 69.4. The van der Waals surface area contributed by atoms with Crippen LogP contribution in [0.25, 0.3) is 0 Å². The van der Waals surface area contributed by atoms with Crippen molar-refractivity contribution in [1.29, 1.82) is 0 Å². The SMILES string of the molecule is COCOC1COCO1. The molecule has 0 bridgehead atoms. The van der Waals surface area contributed by atoms with Crippen LogP contribution in [-0.4, -0.2) is 33.6 Å². The zero-order chi connectivity index (χ0) is 6.53. The van der Waals surface area contributed by atoms with Gasteiger partial charge in [0.1, 0.15) is 20.2 Å². The molecular weight excluding hydrogens is 124 g/mol. The van der Waals surface area contributed by atoms with Crippen molar-refractivity contribution in [3.8, 4) is 0 Å². The van der Waals surface area contributed by atoms with Gasteiger partial charge in [0, 0.05) is 7.11 Å². The van der Waals surface area contributed by atoms with Gasteiger partial charge in [0.2, 0.25) is 0 Å². The zero-order valence-electron chi connectivity index (χ0n) is 5.33. The first kappa shape index (κ1) is 6.95. The molecule has 1 aliphatic rings. The summed E-state index contributed by atoms with van der Waals surface area (Å²) in [6, 6.07) is 0. The maximum atomic E-state index is 4.98. The van der Waals surface area contributed by atoms with Crippen LogP contribution in [0.15, 0.2) is 0 Å². The summed E-state index contributed by atoms with van der Waals surface area (Å²) in [5.74, 6) is 0. The van der Waals surface area contributed by atoms with Crippen molar-refractivity contribution in [1.82, 2.24) is 0 Å². The van der Waals surface area contributed by atoms with E-state index in [0.29, 0.717) is 13.4 Å². The normalized spacial score (nSPS) is 27.0. The number of methoxy groups -OCH3 is 1. The van der Waals surface area contributed by atoms with Crippen LogP contribution in [-0.2, 0) is 18.9 Å². The van der Waals surface area contributed by atoms with Gasteiger partial charge in [0.25, 0.3) is 0 Å². The van der Waals surface area contributed by atoms with Crippen molar-refractivity contribution in [2.24, 2.45) is 0 Å². The lowest BCUT2D eigenvalue weighted by Crippen LogP contribution is -2.15. The van der Waals surface area contributed by atoms with Gasteiger partial charge in [-0.1, -0.05) is 0 Å². The third kappa shape index (κ3) is 2.28. The van der Waals surface area contributed by atoms with Crippen LogP contribution in [0.2, 0.25) is 0 Å². The molecule has 4 heteroatoms. The second-order valence-corrected chi connectivity index (χ2v) is 1.66. The molecule has 0 aromatic rings. The maximum absolute atomic E-state index is 4.98. The molecule has 0 amide bonds. The fourth-order valence-electron chi connectivity index (χ4n) is 0.557. The molecular formula is C5H10O4. The molecule has 0 saturated carbocycles. The second kappa shape index (κ2) is 3.79. The average molecular weight is 134 g/mol. The van der Waals surface area contributed by atoms with E-state index in [1.165, 1.54) is 0 Å². The Balaban J connectivity index is 1.98. The van der Waals surface area contributed by atoms with Crippen LogP contribution in [0.5, 0.6) is 0 Å². The molecule has 0 spiro atoms. The highest BCUT2D eigenvalue weighted by Crippen LogP contribution is 2.03. The van der Waals surface area contributed by atoms with Crippen molar-refractivity contribution >= 4 is 0 Å². The Morgan fingerprint density at radius 2 is 2.56 bits per heavy atom. The molecule has 4 nitrogen and oxygen atoms in total. The summed E-state index contributed by atoms with van der Waals surface area (Å²) in [4.78, 5) is 0. The summed E-state index contributed by atoms with van der Waals surface area (Å²) in [5, 5.41) is 0. The van der Waals surface area contributed by atoms with E-state index in [2.05, 4.69) is 4.74 Å². The molecule has 1 atom stereocenters. The maximum Gasteiger partial charge on any atom is 0.186 e. The van der Waals surface area contributed by atoms with Crippen LogP contribution in [0.4, 0.5) is 0 Å². The lowest BCUT2D eigenvalue weighted by atomic mass is 10.7. The molecule has 54 valence electrons. The summed E-state index contributed by atoms with van der Waals surface area (Å²) in [5.41, 5.74) is 0. The van der Waals surface area contributed by atoms with E-state index in [1.807, 2.05) is 0 Å². The number of rotatable bonds is 3. The first-order valence-corrected chi connectivity index (χ1v) is 2.73. The Kier molecular flexibility index (Phi) is 2.93. The van der Waals surface area contributed by atoms with E-state index in [9.17, 15) is 0 Å². The van der Waals surface area contributed by atoms with Crippen molar-refractivity contribution in [2.75, 3.05) is 27.3 Å². The van der Waals surface area contributed by atoms with E-state index in [0.717, 1.165) is 0 Å². The van der Waals surface area contributed by atoms with Gasteiger partial charge in [-0.2, -0.15) is 0 Å². The first-order chi connectivity index (χ1) is 4.43. The molecule has 1 aliphatic heterocycles. The summed E-state index contributed by atoms with van der Waals surface area (Å²) < 4.78 is 19.4. The molecule has 1 unspecified atom stereocenters. The predicted octanol–water partition coefficient (Wildman–Crippen LogP) is -0.0627. The Morgan fingerprint density at radius 3 is 3.11 bits per heavy atom.